The summed E-state index contributed by atoms with van der Waals surface area (Å²) in [6, 6.07) is 14.1. The Morgan fingerprint density at radius 2 is 1.73 bits per heavy atom. The van der Waals surface area contributed by atoms with Crippen LogP contribution in [0.15, 0.2) is 48.5 Å². The summed E-state index contributed by atoms with van der Waals surface area (Å²) in [7, 11) is 1.58. The van der Waals surface area contributed by atoms with Gasteiger partial charge in [-0.3, -0.25) is 4.79 Å². The van der Waals surface area contributed by atoms with Crippen molar-refractivity contribution in [3.05, 3.63) is 69.8 Å². The van der Waals surface area contributed by atoms with Gasteiger partial charge in [0.2, 0.25) is 5.91 Å². The van der Waals surface area contributed by atoms with Gasteiger partial charge in [-0.1, -0.05) is 68.2 Å². The molecule has 0 saturated heterocycles. The van der Waals surface area contributed by atoms with Crippen molar-refractivity contribution in [1.29, 1.82) is 0 Å². The monoisotopic (exact) mass is 545 g/mol. The van der Waals surface area contributed by atoms with Gasteiger partial charge in [-0.05, 0) is 37.1 Å². The Balaban J connectivity index is 1.84. The Morgan fingerprint density at radius 1 is 1.05 bits per heavy atom. The molecule has 0 atom stereocenters. The maximum atomic E-state index is 13.2. The lowest BCUT2D eigenvalue weighted by Gasteiger charge is -2.23. The van der Waals surface area contributed by atoms with Crippen LogP contribution in [0.5, 0.6) is 0 Å². The number of ether oxygens (including phenoxy) is 1. The first-order valence-corrected chi connectivity index (χ1v) is 12.7. The Labute approximate surface area is 227 Å². The molecule has 1 aromatic heterocycles. The molecule has 0 spiro atoms. The molecule has 1 heterocycles. The Bertz CT molecular complexity index is 1230. The summed E-state index contributed by atoms with van der Waals surface area (Å²) < 4.78 is 6.86. The number of nitrogens with zero attached hydrogens (tertiary/aromatic N) is 3. The number of anilines is 2. The van der Waals surface area contributed by atoms with Crippen LogP contribution in [-0.4, -0.2) is 53.4 Å². The zero-order valence-corrected chi connectivity index (χ0v) is 23.3. The highest BCUT2D eigenvalue weighted by atomic mass is 35.5. The van der Waals surface area contributed by atoms with Crippen molar-refractivity contribution in [3.63, 3.8) is 0 Å². The topological polar surface area (TPSA) is 88.5 Å². The highest BCUT2D eigenvalue weighted by Gasteiger charge is 2.24. The zero-order chi connectivity index (χ0) is 27.2. The smallest absolute Gasteiger partial charge is 0.322 e. The molecule has 2 aromatic carbocycles. The predicted molar refractivity (Wildman–Crippen MR) is 149 cm³/mol. The third-order valence-electron chi connectivity index (χ3n) is 5.68. The minimum Gasteiger partial charge on any atom is -0.385 e. The summed E-state index contributed by atoms with van der Waals surface area (Å²) in [5.41, 5.74) is 2.76. The van der Waals surface area contributed by atoms with E-state index in [0.717, 1.165) is 16.9 Å². The van der Waals surface area contributed by atoms with Crippen LogP contribution in [0.1, 0.15) is 38.4 Å². The predicted octanol–water partition coefficient (Wildman–Crippen LogP) is 6.29. The van der Waals surface area contributed by atoms with Crippen LogP contribution in [-0.2, 0) is 14.9 Å². The molecule has 0 aliphatic carbocycles. The van der Waals surface area contributed by atoms with Crippen LogP contribution in [0, 0.1) is 6.92 Å². The highest BCUT2D eigenvalue weighted by molar-refractivity contribution is 6.39. The third-order valence-corrected chi connectivity index (χ3v) is 6.31. The highest BCUT2D eigenvalue weighted by Crippen LogP contribution is 2.30. The molecule has 0 fully saturated rings. The van der Waals surface area contributed by atoms with Crippen molar-refractivity contribution in [2.45, 2.75) is 39.5 Å². The number of aromatic nitrogens is 2. The van der Waals surface area contributed by atoms with Crippen molar-refractivity contribution in [2.24, 2.45) is 0 Å². The van der Waals surface area contributed by atoms with Crippen LogP contribution < -0.4 is 10.6 Å². The number of rotatable bonds is 9. The number of hydrogen-bond donors (Lipinski definition) is 2. The number of carbonyl (C=O) groups is 2. The summed E-state index contributed by atoms with van der Waals surface area (Å²) in [6.07, 6.45) is 0.544. The third kappa shape index (κ3) is 7.47. The largest absolute Gasteiger partial charge is 0.385 e. The van der Waals surface area contributed by atoms with Crippen molar-refractivity contribution >= 4 is 46.6 Å². The standard InChI is InChI=1S/C27H33Cl2N5O3/c1-18-10-6-7-13-21(18)34-23(16-22(32-34)27(2,3)4)30-24(35)17-33(14-9-15-37-5)26(36)31-25-19(28)11-8-12-20(25)29/h6-8,10-13,16H,9,14-15,17H2,1-5H3,(H,30,35)(H,31,36). The second-order valence-corrected chi connectivity index (χ2v) is 10.5. The first kappa shape index (κ1) is 28.5. The normalized spacial score (nSPS) is 11.3. The lowest BCUT2D eigenvalue weighted by atomic mass is 9.92. The van der Waals surface area contributed by atoms with Crippen molar-refractivity contribution in [1.82, 2.24) is 14.7 Å². The van der Waals surface area contributed by atoms with Gasteiger partial charge in [-0.2, -0.15) is 5.10 Å². The fourth-order valence-corrected chi connectivity index (χ4v) is 4.12. The molecular weight excluding hydrogens is 513 g/mol. The average molecular weight is 546 g/mol. The molecule has 0 saturated carbocycles. The summed E-state index contributed by atoms with van der Waals surface area (Å²) in [4.78, 5) is 27.7. The van der Waals surface area contributed by atoms with E-state index in [9.17, 15) is 9.59 Å². The number of halogens is 2. The summed E-state index contributed by atoms with van der Waals surface area (Å²) >= 11 is 12.4. The van der Waals surface area contributed by atoms with E-state index in [2.05, 4.69) is 31.4 Å². The second kappa shape index (κ2) is 12.4. The van der Waals surface area contributed by atoms with Crippen molar-refractivity contribution in [3.8, 4) is 5.69 Å². The van der Waals surface area contributed by atoms with E-state index in [1.165, 1.54) is 4.90 Å². The van der Waals surface area contributed by atoms with Gasteiger partial charge in [0.25, 0.3) is 0 Å². The van der Waals surface area contributed by atoms with Crippen LogP contribution in [0.4, 0.5) is 16.3 Å². The number of amides is 3. The Kier molecular flexibility index (Phi) is 9.59. The molecule has 0 aliphatic rings. The quantitative estimate of drug-likeness (QED) is 0.309. The van der Waals surface area contributed by atoms with Crippen LogP contribution >= 0.6 is 23.2 Å². The van der Waals surface area contributed by atoms with E-state index >= 15 is 0 Å². The average Bonchev–Trinajstić information content (AvgIpc) is 3.25. The molecule has 8 nitrogen and oxygen atoms in total. The molecule has 198 valence electrons. The van der Waals surface area contributed by atoms with Crippen molar-refractivity contribution < 1.29 is 14.3 Å². The maximum absolute atomic E-state index is 13.2. The first-order valence-electron chi connectivity index (χ1n) is 12.0. The van der Waals surface area contributed by atoms with Gasteiger partial charge >= 0.3 is 6.03 Å². The summed E-state index contributed by atoms with van der Waals surface area (Å²) in [6.45, 7) is 8.70. The van der Waals surface area contributed by atoms with Gasteiger partial charge in [0.1, 0.15) is 12.4 Å². The van der Waals surface area contributed by atoms with E-state index < -0.39 is 6.03 Å². The maximum Gasteiger partial charge on any atom is 0.322 e. The first-order chi connectivity index (χ1) is 17.5. The van der Waals surface area contributed by atoms with E-state index in [1.54, 1.807) is 30.0 Å². The number of carbonyl (C=O) groups excluding carboxylic acids is 2. The fraction of sp³-hybridized carbons (Fsp3) is 0.370. The molecule has 10 heteroatoms. The number of hydrogen-bond acceptors (Lipinski definition) is 4. The SMILES string of the molecule is COCCCN(CC(=O)Nc1cc(C(C)(C)C)nn1-c1ccccc1C)C(=O)Nc1c(Cl)cccc1Cl. The number of para-hydroxylation sites is 2. The zero-order valence-electron chi connectivity index (χ0n) is 21.8. The molecule has 2 N–H and O–H groups in total. The number of benzene rings is 2. The van der Waals surface area contributed by atoms with Crippen LogP contribution in [0.2, 0.25) is 10.0 Å². The van der Waals surface area contributed by atoms with Gasteiger partial charge in [-0.15, -0.1) is 0 Å². The molecule has 0 aliphatic heterocycles. The Morgan fingerprint density at radius 3 is 2.35 bits per heavy atom. The summed E-state index contributed by atoms with van der Waals surface area (Å²) in [5.74, 6) is 0.156. The number of nitrogens with one attached hydrogen (secondary N) is 2. The molecule has 37 heavy (non-hydrogen) atoms. The van der Waals surface area contributed by atoms with E-state index in [-0.39, 0.29) is 17.9 Å². The molecule has 0 bridgehead atoms. The lowest BCUT2D eigenvalue weighted by molar-refractivity contribution is -0.116. The molecule has 3 rings (SSSR count). The summed E-state index contributed by atoms with van der Waals surface area (Å²) in [5, 5.41) is 11.1. The molecule has 0 radical (unpaired) electrons. The molecule has 3 amide bonds. The van der Waals surface area contributed by atoms with Crippen molar-refractivity contribution in [2.75, 3.05) is 37.4 Å². The van der Waals surface area contributed by atoms with E-state index in [4.69, 9.17) is 33.0 Å². The van der Waals surface area contributed by atoms with Gasteiger partial charge in [0, 0.05) is 31.7 Å². The van der Waals surface area contributed by atoms with Gasteiger partial charge in [0.15, 0.2) is 0 Å². The fourth-order valence-electron chi connectivity index (χ4n) is 3.63. The van der Waals surface area contributed by atoms with E-state index in [0.29, 0.717) is 41.1 Å². The van der Waals surface area contributed by atoms with Crippen LogP contribution in [0.25, 0.3) is 5.69 Å². The number of urea groups is 1. The van der Waals surface area contributed by atoms with Crippen LogP contribution in [0.3, 0.4) is 0 Å². The van der Waals surface area contributed by atoms with Gasteiger partial charge < -0.3 is 20.3 Å². The second-order valence-electron chi connectivity index (χ2n) is 9.71. The Hall–Kier alpha value is -3.07. The molecule has 0 unspecified atom stereocenters. The molecular formula is C27H33Cl2N5O3. The van der Waals surface area contributed by atoms with Gasteiger partial charge in [0.05, 0.1) is 27.1 Å². The van der Waals surface area contributed by atoms with E-state index in [1.807, 2.05) is 37.3 Å². The minimum absolute atomic E-state index is 0.193. The number of aryl methyl sites for hydroxylation is 1. The van der Waals surface area contributed by atoms with Gasteiger partial charge in [-0.25, -0.2) is 9.48 Å². The molecule has 3 aromatic rings. The lowest BCUT2D eigenvalue weighted by Crippen LogP contribution is -2.41. The minimum atomic E-state index is -0.496. The number of methoxy groups -OCH3 is 1.